The Morgan fingerprint density at radius 2 is 1.12 bits per heavy atom. The van der Waals surface area contributed by atoms with Gasteiger partial charge < -0.3 is 19.3 Å². The third-order valence-corrected chi connectivity index (χ3v) is 16.7. The van der Waals surface area contributed by atoms with Gasteiger partial charge in [0.2, 0.25) is 0 Å². The van der Waals surface area contributed by atoms with Gasteiger partial charge in [-0.1, -0.05) is 131 Å². The molecule has 13 rings (SSSR count). The number of hydrogen-bond donors (Lipinski definition) is 0. The monoisotopic (exact) mass is 844 g/mol. The molecule has 308 valence electrons. The van der Waals surface area contributed by atoms with E-state index in [4.69, 9.17) is 9.47 Å². The highest BCUT2D eigenvalue weighted by atomic mass is 31.1. The van der Waals surface area contributed by atoms with E-state index < -0.39 is 7.53 Å². The van der Waals surface area contributed by atoms with Crippen molar-refractivity contribution in [2.75, 3.05) is 9.80 Å². The summed E-state index contributed by atoms with van der Waals surface area (Å²) in [5, 5.41) is 6.10. The van der Waals surface area contributed by atoms with Crippen LogP contribution in [0.1, 0.15) is 66.2 Å². The first-order valence-corrected chi connectivity index (χ1v) is 23.9. The highest BCUT2D eigenvalue weighted by Gasteiger charge is 2.37. The van der Waals surface area contributed by atoms with Crippen LogP contribution in [0.4, 0.5) is 28.4 Å². The van der Waals surface area contributed by atoms with Gasteiger partial charge in [-0.25, -0.2) is 0 Å². The molecule has 0 radical (unpaired) electrons. The fourth-order valence-electron chi connectivity index (χ4n) is 10.8. The summed E-state index contributed by atoms with van der Waals surface area (Å²) in [6, 6.07) is 54.8. The fourth-order valence-corrected chi connectivity index (χ4v) is 13.8. The molecule has 0 N–H and O–H groups in total. The van der Waals surface area contributed by atoms with Gasteiger partial charge in [0.1, 0.15) is 0 Å². The van der Waals surface area contributed by atoms with Crippen LogP contribution >= 0.6 is 7.53 Å². The van der Waals surface area contributed by atoms with Crippen LogP contribution in [0.25, 0.3) is 45.2 Å². The quantitative estimate of drug-likeness (QED) is 0.161. The van der Waals surface area contributed by atoms with Crippen molar-refractivity contribution in [3.05, 3.63) is 209 Å². The Morgan fingerprint density at radius 3 is 1.75 bits per heavy atom. The summed E-state index contributed by atoms with van der Waals surface area (Å²) in [5.74, 6) is 3.53. The number of anilines is 5. The van der Waals surface area contributed by atoms with E-state index in [9.17, 15) is 0 Å². The minimum Gasteiger partial charge on any atom is -0.453 e. The molecule has 64 heavy (non-hydrogen) atoms. The second kappa shape index (κ2) is 14.4. The number of ether oxygens (including phenoxy) is 2. The molecule has 0 saturated carbocycles. The van der Waals surface area contributed by atoms with Gasteiger partial charge >= 0.3 is 0 Å². The van der Waals surface area contributed by atoms with Crippen molar-refractivity contribution in [3.63, 3.8) is 0 Å². The van der Waals surface area contributed by atoms with Gasteiger partial charge in [-0.15, -0.1) is 0 Å². The first-order valence-electron chi connectivity index (χ1n) is 22.5. The predicted octanol–water partition coefficient (Wildman–Crippen LogP) is 17.3. The normalized spacial score (nSPS) is 16.4. The Balaban J connectivity index is 0.863. The second-order valence-corrected chi connectivity index (χ2v) is 20.2. The molecule has 4 nitrogen and oxygen atoms in total. The Morgan fingerprint density at radius 1 is 0.562 bits per heavy atom. The lowest BCUT2D eigenvalue weighted by molar-refractivity contribution is 0.475. The molecule has 5 aliphatic rings. The van der Waals surface area contributed by atoms with Gasteiger partial charge in [0.15, 0.2) is 23.0 Å². The molecule has 1 atom stereocenters. The van der Waals surface area contributed by atoms with Gasteiger partial charge in [0.25, 0.3) is 0 Å². The molecular weight excluding hydrogens is 800 g/mol. The van der Waals surface area contributed by atoms with Crippen LogP contribution in [-0.4, -0.2) is 0 Å². The van der Waals surface area contributed by atoms with Crippen molar-refractivity contribution >= 4 is 70.0 Å². The number of fused-ring (bicyclic) bond motifs is 10. The number of para-hydroxylation sites is 8. The van der Waals surface area contributed by atoms with Gasteiger partial charge in [0, 0.05) is 21.9 Å². The van der Waals surface area contributed by atoms with E-state index in [1.807, 2.05) is 12.1 Å². The zero-order chi connectivity index (χ0) is 42.5. The summed E-state index contributed by atoms with van der Waals surface area (Å²) in [6.45, 7) is 4.75. The highest BCUT2D eigenvalue weighted by molar-refractivity contribution is 7.66. The molecule has 0 spiro atoms. The number of allylic oxidation sites excluding steroid dienone is 5. The van der Waals surface area contributed by atoms with Crippen molar-refractivity contribution in [2.24, 2.45) is 0 Å². The molecule has 1 unspecified atom stereocenters. The van der Waals surface area contributed by atoms with Gasteiger partial charge in [0.05, 0.1) is 22.7 Å². The average Bonchev–Trinajstić information content (AvgIpc) is 3.78. The van der Waals surface area contributed by atoms with Crippen molar-refractivity contribution in [1.82, 2.24) is 0 Å². The lowest BCUT2D eigenvalue weighted by Gasteiger charge is -2.35. The predicted molar refractivity (Wildman–Crippen MR) is 268 cm³/mol. The number of hydrogen-bond acceptors (Lipinski definition) is 4. The molecule has 8 aromatic rings. The fraction of sp³-hybridized carbons (Fsp3) is 0.119. The number of rotatable bonds is 5. The van der Waals surface area contributed by atoms with Crippen molar-refractivity contribution in [2.45, 2.75) is 44.9 Å². The highest BCUT2D eigenvalue weighted by Crippen LogP contribution is 2.60. The van der Waals surface area contributed by atoms with Crippen LogP contribution in [0, 0.1) is 0 Å². The lowest BCUT2D eigenvalue weighted by Crippen LogP contribution is -2.22. The van der Waals surface area contributed by atoms with Crippen LogP contribution in [0.3, 0.4) is 0 Å². The molecule has 0 fully saturated rings. The third kappa shape index (κ3) is 5.76. The zero-order valence-electron chi connectivity index (χ0n) is 35.9. The smallest absolute Gasteiger partial charge is 0.151 e. The summed E-state index contributed by atoms with van der Waals surface area (Å²) in [7, 11) is -0.545. The van der Waals surface area contributed by atoms with Gasteiger partial charge in [-0.05, 0) is 159 Å². The third-order valence-electron chi connectivity index (χ3n) is 13.9. The summed E-state index contributed by atoms with van der Waals surface area (Å²) < 4.78 is 12.8. The van der Waals surface area contributed by atoms with E-state index in [1.54, 1.807) is 10.6 Å². The van der Waals surface area contributed by atoms with E-state index >= 15 is 0 Å². The molecule has 3 aliphatic carbocycles. The minimum absolute atomic E-state index is 0.182. The maximum atomic E-state index is 6.41. The number of nitrogens with zero attached hydrogens (tertiary/aromatic N) is 2. The molecule has 5 heteroatoms. The summed E-state index contributed by atoms with van der Waals surface area (Å²) in [5.41, 5.74) is 15.7. The minimum atomic E-state index is -0.545. The van der Waals surface area contributed by atoms with E-state index in [2.05, 4.69) is 200 Å². The Kier molecular flexibility index (Phi) is 8.39. The molecule has 3 heterocycles. The van der Waals surface area contributed by atoms with E-state index in [0.717, 1.165) is 77.1 Å². The number of benzene rings is 7. The maximum Gasteiger partial charge on any atom is 0.151 e. The van der Waals surface area contributed by atoms with Crippen molar-refractivity contribution in [1.29, 1.82) is 0 Å². The average molecular weight is 845 g/mol. The van der Waals surface area contributed by atoms with E-state index in [-0.39, 0.29) is 5.41 Å². The second-order valence-electron chi connectivity index (χ2n) is 18.0. The van der Waals surface area contributed by atoms with Crippen molar-refractivity contribution < 1.29 is 9.47 Å². The van der Waals surface area contributed by atoms with E-state index in [0.29, 0.717) is 0 Å². The van der Waals surface area contributed by atoms with Crippen LogP contribution in [-0.2, 0) is 11.8 Å². The largest absolute Gasteiger partial charge is 0.453 e. The Hall–Kier alpha value is -7.26. The van der Waals surface area contributed by atoms with Crippen LogP contribution in [0.2, 0.25) is 0 Å². The van der Waals surface area contributed by atoms with Crippen LogP contribution in [0.15, 0.2) is 176 Å². The molecule has 0 saturated heterocycles. The van der Waals surface area contributed by atoms with Crippen LogP contribution < -0.4 is 19.3 Å². The van der Waals surface area contributed by atoms with Gasteiger partial charge in [-0.2, -0.15) is 0 Å². The molecular formula is C59H45N2O2P. The van der Waals surface area contributed by atoms with E-state index in [1.165, 1.54) is 55.1 Å². The topological polar surface area (TPSA) is 24.9 Å². The molecule has 1 aromatic heterocycles. The summed E-state index contributed by atoms with van der Waals surface area (Å²) >= 11 is 0. The Bertz CT molecular complexity index is 3310. The summed E-state index contributed by atoms with van der Waals surface area (Å²) in [6.07, 6.45) is 18.4. The Labute approximate surface area is 375 Å². The molecule has 0 bridgehead atoms. The van der Waals surface area contributed by atoms with Crippen molar-refractivity contribution in [3.8, 4) is 34.1 Å². The standard InChI is InChI=1S/C59H45N2O2P/c1-59(2)47-35-39(26-30-43(47)44-31-28-41(37-48(44)59)61-51-18-8-12-22-55(51)63-56-23-13-9-19-52(56)61)25-24-38-27-32-57-45(34-38)46-36-40(29-33-58(46)64(57)42-14-4-3-5-15-42)60-49-16-6-10-20-53(49)62-54-21-11-7-17-50(54)60/h3-4,6-14,16-28,30-32,34-37H,5,15,29,33H2,1-2H3/b25-24+. The first kappa shape index (κ1) is 37.3. The van der Waals surface area contributed by atoms with Gasteiger partial charge in [-0.3, -0.25) is 0 Å². The summed E-state index contributed by atoms with van der Waals surface area (Å²) in [4.78, 5) is 4.79. The zero-order valence-corrected chi connectivity index (χ0v) is 36.8. The van der Waals surface area contributed by atoms with Crippen LogP contribution in [0.5, 0.6) is 23.0 Å². The SMILES string of the molecule is CC1(C)c2cc(/C=C/c3ccc4c(c3)c3c(p4C4=CC=CCC4)CCC(N4c5ccccc5Oc5ccccc54)=C3)ccc2-c2ccc(N3c4ccccc4Oc4ccccc43)cc21. The lowest BCUT2D eigenvalue weighted by atomic mass is 9.81. The first-order chi connectivity index (χ1) is 31.5. The molecule has 7 aromatic carbocycles. The maximum absolute atomic E-state index is 6.41. The molecule has 0 amide bonds. The molecule has 2 aliphatic heterocycles.